The lowest BCUT2D eigenvalue weighted by Crippen LogP contribution is -2.51. The lowest BCUT2D eigenvalue weighted by Gasteiger charge is -2.34. The number of piperazine rings is 1. The molecule has 1 N–H and O–H groups in total. The number of anilines is 1. The second-order valence-corrected chi connectivity index (χ2v) is 10.0. The average molecular weight is 480 g/mol. The summed E-state index contributed by atoms with van der Waals surface area (Å²) in [4.78, 5) is 37.6. The zero-order chi connectivity index (χ0) is 23.9. The fraction of sp³-hybridized carbons (Fsp3) is 0.208. The molecule has 0 spiro atoms. The summed E-state index contributed by atoms with van der Waals surface area (Å²) in [5.41, 5.74) is 0.349. The molecule has 5 rings (SSSR count). The standard InChI is InChI=1S/C24H21N3O6S/c28-22(15-33-18-6-5-16-3-1-2-4-17(16)13-18)26-9-11-27(12-10-26)34(31,32)19-7-8-21-20(14-19)23(29)24(30)25-21/h1-8,13-14H,9-12,15H2,(H,25,29,30). The average Bonchev–Trinajstić information content (AvgIpc) is 3.15. The smallest absolute Gasteiger partial charge is 0.296 e. The molecule has 0 aliphatic carbocycles. The number of nitrogens with one attached hydrogen (secondary N) is 1. The molecular weight excluding hydrogens is 458 g/mol. The van der Waals surface area contributed by atoms with E-state index in [1.54, 1.807) is 4.90 Å². The van der Waals surface area contributed by atoms with E-state index in [9.17, 15) is 22.8 Å². The summed E-state index contributed by atoms with van der Waals surface area (Å²) in [7, 11) is -3.88. The maximum Gasteiger partial charge on any atom is 0.296 e. The van der Waals surface area contributed by atoms with Crippen LogP contribution in [0.1, 0.15) is 10.4 Å². The number of nitrogens with zero attached hydrogens (tertiary/aromatic N) is 2. The van der Waals surface area contributed by atoms with Crippen LogP contribution < -0.4 is 10.1 Å². The maximum absolute atomic E-state index is 13.1. The highest BCUT2D eigenvalue weighted by molar-refractivity contribution is 7.89. The third-order valence-electron chi connectivity index (χ3n) is 6.00. The number of fused-ring (bicyclic) bond motifs is 2. The Labute approximate surface area is 196 Å². The quantitative estimate of drug-likeness (QED) is 0.559. The molecule has 0 atom stereocenters. The van der Waals surface area contributed by atoms with Gasteiger partial charge in [0.05, 0.1) is 16.1 Å². The molecule has 2 heterocycles. The molecule has 0 bridgehead atoms. The predicted molar refractivity (Wildman–Crippen MR) is 124 cm³/mol. The summed E-state index contributed by atoms with van der Waals surface area (Å²) >= 11 is 0. The second-order valence-electron chi connectivity index (χ2n) is 8.07. The number of hydrogen-bond acceptors (Lipinski definition) is 6. The molecule has 10 heteroatoms. The second kappa shape index (κ2) is 8.54. The van der Waals surface area contributed by atoms with E-state index in [1.807, 2.05) is 42.5 Å². The number of sulfonamides is 1. The van der Waals surface area contributed by atoms with Gasteiger partial charge in [0.25, 0.3) is 17.6 Å². The van der Waals surface area contributed by atoms with Crippen LogP contribution in [0.3, 0.4) is 0 Å². The van der Waals surface area contributed by atoms with Crippen molar-refractivity contribution in [2.24, 2.45) is 0 Å². The highest BCUT2D eigenvalue weighted by Crippen LogP contribution is 2.28. The van der Waals surface area contributed by atoms with Crippen molar-refractivity contribution in [2.75, 3.05) is 38.1 Å². The summed E-state index contributed by atoms with van der Waals surface area (Å²) in [6.07, 6.45) is 0. The monoisotopic (exact) mass is 479 g/mol. The molecule has 1 saturated heterocycles. The van der Waals surface area contributed by atoms with E-state index < -0.39 is 21.7 Å². The maximum atomic E-state index is 13.1. The Morgan fingerprint density at radius 1 is 0.912 bits per heavy atom. The number of ketones is 1. The van der Waals surface area contributed by atoms with Crippen molar-refractivity contribution < 1.29 is 27.5 Å². The van der Waals surface area contributed by atoms with Crippen LogP contribution in [0.2, 0.25) is 0 Å². The first-order chi connectivity index (χ1) is 16.3. The number of carbonyl (C=O) groups excluding carboxylic acids is 3. The van der Waals surface area contributed by atoms with E-state index in [2.05, 4.69) is 5.32 Å². The molecular formula is C24H21N3O6S. The molecule has 34 heavy (non-hydrogen) atoms. The van der Waals surface area contributed by atoms with Gasteiger partial charge in [-0.25, -0.2) is 8.42 Å². The molecule has 174 valence electrons. The van der Waals surface area contributed by atoms with E-state index >= 15 is 0 Å². The van der Waals surface area contributed by atoms with Gasteiger partial charge in [-0.2, -0.15) is 4.31 Å². The van der Waals surface area contributed by atoms with Gasteiger partial charge in [0, 0.05) is 26.2 Å². The minimum atomic E-state index is -3.88. The summed E-state index contributed by atoms with van der Waals surface area (Å²) in [6, 6.07) is 17.5. The number of amides is 2. The van der Waals surface area contributed by atoms with Gasteiger partial charge in [-0.05, 0) is 41.1 Å². The lowest BCUT2D eigenvalue weighted by molar-refractivity contribution is -0.134. The predicted octanol–water partition coefficient (Wildman–Crippen LogP) is 1.89. The molecule has 2 aliphatic heterocycles. The Hall–Kier alpha value is -3.76. The lowest BCUT2D eigenvalue weighted by atomic mass is 10.1. The SMILES string of the molecule is O=C1Nc2ccc(S(=O)(=O)N3CCN(C(=O)COc4ccc5ccccc5c4)CC3)cc2C1=O. The summed E-state index contributed by atoms with van der Waals surface area (Å²) in [5.74, 6) is -1.17. The zero-order valence-corrected chi connectivity index (χ0v) is 18.9. The number of ether oxygens (including phenoxy) is 1. The topological polar surface area (TPSA) is 113 Å². The van der Waals surface area contributed by atoms with Crippen LogP contribution in [-0.2, 0) is 19.6 Å². The largest absolute Gasteiger partial charge is 0.484 e. The van der Waals surface area contributed by atoms with E-state index in [1.165, 1.54) is 22.5 Å². The van der Waals surface area contributed by atoms with Crippen molar-refractivity contribution in [3.05, 3.63) is 66.2 Å². The summed E-state index contributed by atoms with van der Waals surface area (Å²) in [5, 5.41) is 4.49. The summed E-state index contributed by atoms with van der Waals surface area (Å²) in [6.45, 7) is 0.545. The minimum absolute atomic E-state index is 0.0470. The normalized spacial score (nSPS) is 16.4. The first kappa shape index (κ1) is 22.1. The van der Waals surface area contributed by atoms with Gasteiger partial charge in [-0.1, -0.05) is 30.3 Å². The van der Waals surface area contributed by atoms with Crippen molar-refractivity contribution in [3.63, 3.8) is 0 Å². The van der Waals surface area contributed by atoms with Crippen LogP contribution in [-0.4, -0.2) is 68.0 Å². The fourth-order valence-corrected chi connectivity index (χ4v) is 5.55. The molecule has 2 amide bonds. The number of hydrogen-bond donors (Lipinski definition) is 1. The number of benzene rings is 3. The van der Waals surface area contributed by atoms with Crippen LogP contribution in [0, 0.1) is 0 Å². The highest BCUT2D eigenvalue weighted by atomic mass is 32.2. The van der Waals surface area contributed by atoms with E-state index in [4.69, 9.17) is 4.74 Å². The van der Waals surface area contributed by atoms with Crippen LogP contribution in [0.25, 0.3) is 10.8 Å². The number of rotatable bonds is 5. The van der Waals surface area contributed by atoms with Gasteiger partial charge in [-0.15, -0.1) is 0 Å². The van der Waals surface area contributed by atoms with Crippen LogP contribution >= 0.6 is 0 Å². The molecule has 2 aliphatic rings. The minimum Gasteiger partial charge on any atom is -0.484 e. The van der Waals surface area contributed by atoms with Gasteiger partial charge in [0.2, 0.25) is 10.0 Å². The Morgan fingerprint density at radius 2 is 1.65 bits per heavy atom. The van der Waals surface area contributed by atoms with Crippen LogP contribution in [0.5, 0.6) is 5.75 Å². The molecule has 0 saturated carbocycles. The third kappa shape index (κ3) is 4.02. The Balaban J connectivity index is 1.20. The third-order valence-corrected chi connectivity index (χ3v) is 7.90. The Kier molecular flexibility index (Phi) is 5.54. The molecule has 0 aromatic heterocycles. The van der Waals surface area contributed by atoms with Crippen molar-refractivity contribution in [3.8, 4) is 5.75 Å². The molecule has 9 nitrogen and oxygen atoms in total. The zero-order valence-electron chi connectivity index (χ0n) is 18.1. The molecule has 0 radical (unpaired) electrons. The van der Waals surface area contributed by atoms with E-state index in [0.29, 0.717) is 11.4 Å². The van der Waals surface area contributed by atoms with E-state index in [0.717, 1.165) is 10.8 Å². The van der Waals surface area contributed by atoms with Crippen molar-refractivity contribution >= 4 is 44.1 Å². The van der Waals surface area contributed by atoms with Crippen LogP contribution in [0.4, 0.5) is 5.69 Å². The van der Waals surface area contributed by atoms with Crippen molar-refractivity contribution in [1.82, 2.24) is 9.21 Å². The van der Waals surface area contributed by atoms with E-state index in [-0.39, 0.29) is 49.2 Å². The van der Waals surface area contributed by atoms with Crippen LogP contribution in [0.15, 0.2) is 65.6 Å². The van der Waals surface area contributed by atoms with Gasteiger partial charge in [0.1, 0.15) is 5.75 Å². The van der Waals surface area contributed by atoms with Gasteiger partial charge >= 0.3 is 0 Å². The Bertz CT molecular complexity index is 1430. The van der Waals surface area contributed by atoms with Gasteiger partial charge in [0.15, 0.2) is 6.61 Å². The summed E-state index contributed by atoms with van der Waals surface area (Å²) < 4.78 is 33.0. The first-order valence-corrected chi connectivity index (χ1v) is 12.2. The molecule has 1 fully saturated rings. The molecule has 0 unspecified atom stereocenters. The van der Waals surface area contributed by atoms with Crippen molar-refractivity contribution in [1.29, 1.82) is 0 Å². The highest BCUT2D eigenvalue weighted by Gasteiger charge is 2.33. The van der Waals surface area contributed by atoms with Gasteiger partial charge in [-0.3, -0.25) is 14.4 Å². The Morgan fingerprint density at radius 3 is 2.41 bits per heavy atom. The van der Waals surface area contributed by atoms with Crippen molar-refractivity contribution in [2.45, 2.75) is 4.90 Å². The van der Waals surface area contributed by atoms with Gasteiger partial charge < -0.3 is 15.0 Å². The number of Topliss-reactive ketones (excluding diaryl/α,β-unsaturated/α-hetero) is 1. The molecule has 3 aromatic rings. The first-order valence-electron chi connectivity index (χ1n) is 10.7. The molecule has 3 aromatic carbocycles. The fourth-order valence-electron chi connectivity index (χ4n) is 4.10. The number of carbonyl (C=O) groups is 3.